The number of ether oxygens (including phenoxy) is 1. The number of rotatable bonds is 12. The molecule has 0 aliphatic carbocycles. The minimum absolute atomic E-state index is 0.463. The third-order valence-corrected chi connectivity index (χ3v) is 4.33. The second-order valence-corrected chi connectivity index (χ2v) is 6.60. The standard InChI is InChI=1S/C23H33N3O2/c1-2-24-23(26-17-14-22(27)21-12-7-4-8-13-21)25-16-9-18-28-19-15-20-10-5-3-6-11-20/h3-8,10-13,22,27H,2,9,14-19H2,1H3,(H2,24,25,26). The molecule has 2 rings (SSSR count). The molecule has 2 aromatic carbocycles. The molecule has 0 bridgehead atoms. The monoisotopic (exact) mass is 383 g/mol. The largest absolute Gasteiger partial charge is 0.388 e. The number of nitrogens with zero attached hydrogens (tertiary/aromatic N) is 1. The average molecular weight is 384 g/mol. The van der Waals surface area contributed by atoms with Gasteiger partial charge in [-0.15, -0.1) is 0 Å². The van der Waals surface area contributed by atoms with Crippen molar-refractivity contribution in [1.29, 1.82) is 0 Å². The van der Waals surface area contributed by atoms with E-state index in [9.17, 15) is 5.11 Å². The van der Waals surface area contributed by atoms with E-state index in [0.717, 1.165) is 37.5 Å². The number of guanidine groups is 1. The van der Waals surface area contributed by atoms with Crippen molar-refractivity contribution in [3.05, 3.63) is 71.8 Å². The maximum absolute atomic E-state index is 10.2. The summed E-state index contributed by atoms with van der Waals surface area (Å²) in [6, 6.07) is 20.1. The molecular weight excluding hydrogens is 350 g/mol. The van der Waals surface area contributed by atoms with Gasteiger partial charge in [-0.25, -0.2) is 0 Å². The van der Waals surface area contributed by atoms with Gasteiger partial charge in [0.1, 0.15) is 0 Å². The fraction of sp³-hybridized carbons (Fsp3) is 0.435. The van der Waals surface area contributed by atoms with Crippen LogP contribution in [-0.4, -0.2) is 43.9 Å². The Kier molecular flexibility index (Phi) is 10.8. The van der Waals surface area contributed by atoms with Crippen molar-refractivity contribution >= 4 is 5.96 Å². The zero-order valence-corrected chi connectivity index (χ0v) is 16.8. The van der Waals surface area contributed by atoms with Crippen LogP contribution in [0, 0.1) is 0 Å². The lowest BCUT2D eigenvalue weighted by atomic mass is 10.1. The minimum atomic E-state index is -0.463. The number of nitrogens with one attached hydrogen (secondary N) is 2. The average Bonchev–Trinajstić information content (AvgIpc) is 2.74. The van der Waals surface area contributed by atoms with Crippen LogP contribution in [-0.2, 0) is 11.2 Å². The molecule has 0 fully saturated rings. The van der Waals surface area contributed by atoms with Gasteiger partial charge in [-0.3, -0.25) is 4.99 Å². The summed E-state index contributed by atoms with van der Waals surface area (Å²) in [6.07, 6.45) is 2.00. The second kappa shape index (κ2) is 13.7. The van der Waals surface area contributed by atoms with Crippen molar-refractivity contribution in [2.24, 2.45) is 4.99 Å². The van der Waals surface area contributed by atoms with Crippen molar-refractivity contribution in [3.8, 4) is 0 Å². The lowest BCUT2D eigenvalue weighted by Gasteiger charge is -2.14. The first-order valence-electron chi connectivity index (χ1n) is 10.2. The summed E-state index contributed by atoms with van der Waals surface area (Å²) in [5, 5.41) is 16.7. The fourth-order valence-corrected chi connectivity index (χ4v) is 2.81. The maximum atomic E-state index is 10.2. The van der Waals surface area contributed by atoms with Gasteiger partial charge in [0.05, 0.1) is 12.7 Å². The van der Waals surface area contributed by atoms with Crippen LogP contribution < -0.4 is 10.6 Å². The summed E-state index contributed by atoms with van der Waals surface area (Å²) in [7, 11) is 0. The van der Waals surface area contributed by atoms with Crippen LogP contribution in [0.1, 0.15) is 37.0 Å². The molecular formula is C23H33N3O2. The number of aliphatic hydroxyl groups is 1. The van der Waals surface area contributed by atoms with Gasteiger partial charge in [0, 0.05) is 26.2 Å². The van der Waals surface area contributed by atoms with E-state index in [1.165, 1.54) is 5.56 Å². The Balaban J connectivity index is 1.59. The van der Waals surface area contributed by atoms with Crippen LogP contribution in [0.5, 0.6) is 0 Å². The molecule has 0 aliphatic rings. The number of hydrogen-bond donors (Lipinski definition) is 3. The van der Waals surface area contributed by atoms with Crippen LogP contribution in [0.3, 0.4) is 0 Å². The van der Waals surface area contributed by atoms with Crippen molar-refractivity contribution in [1.82, 2.24) is 10.6 Å². The molecule has 0 aromatic heterocycles. The van der Waals surface area contributed by atoms with Crippen LogP contribution >= 0.6 is 0 Å². The normalized spacial score (nSPS) is 12.6. The summed E-state index contributed by atoms with van der Waals surface area (Å²) in [5.41, 5.74) is 2.25. The van der Waals surface area contributed by atoms with Crippen LogP contribution in [0.4, 0.5) is 0 Å². The van der Waals surface area contributed by atoms with Gasteiger partial charge in [0.25, 0.3) is 0 Å². The molecule has 28 heavy (non-hydrogen) atoms. The van der Waals surface area contributed by atoms with Crippen molar-refractivity contribution < 1.29 is 9.84 Å². The predicted molar refractivity (Wildman–Crippen MR) is 116 cm³/mol. The number of aliphatic hydroxyl groups excluding tert-OH is 1. The topological polar surface area (TPSA) is 65.9 Å². The van der Waals surface area contributed by atoms with E-state index in [0.29, 0.717) is 26.1 Å². The first kappa shape index (κ1) is 21.9. The molecule has 5 nitrogen and oxygen atoms in total. The lowest BCUT2D eigenvalue weighted by molar-refractivity contribution is 0.136. The second-order valence-electron chi connectivity index (χ2n) is 6.60. The molecule has 0 aliphatic heterocycles. The highest BCUT2D eigenvalue weighted by Gasteiger charge is 2.06. The molecule has 2 aromatic rings. The Morgan fingerprint density at radius 2 is 1.71 bits per heavy atom. The van der Waals surface area contributed by atoms with E-state index in [1.807, 2.05) is 43.3 Å². The molecule has 0 radical (unpaired) electrons. The van der Waals surface area contributed by atoms with Gasteiger partial charge in [-0.05, 0) is 37.3 Å². The Labute approximate surface area is 168 Å². The van der Waals surface area contributed by atoms with Gasteiger partial charge in [-0.1, -0.05) is 60.7 Å². The quantitative estimate of drug-likeness (QED) is 0.299. The van der Waals surface area contributed by atoms with Gasteiger partial charge < -0.3 is 20.5 Å². The van der Waals surface area contributed by atoms with E-state index < -0.39 is 6.10 Å². The first-order valence-corrected chi connectivity index (χ1v) is 10.2. The third-order valence-electron chi connectivity index (χ3n) is 4.33. The minimum Gasteiger partial charge on any atom is -0.388 e. The van der Waals surface area contributed by atoms with E-state index >= 15 is 0 Å². The molecule has 0 heterocycles. The molecule has 0 saturated carbocycles. The van der Waals surface area contributed by atoms with Crippen molar-refractivity contribution in [3.63, 3.8) is 0 Å². The third kappa shape index (κ3) is 9.02. The summed E-state index contributed by atoms with van der Waals surface area (Å²) in [4.78, 5) is 4.57. The van der Waals surface area contributed by atoms with Crippen molar-refractivity contribution in [2.75, 3.05) is 32.8 Å². The van der Waals surface area contributed by atoms with E-state index in [4.69, 9.17) is 4.74 Å². The number of hydrogen-bond acceptors (Lipinski definition) is 3. The van der Waals surface area contributed by atoms with Crippen LogP contribution in [0.15, 0.2) is 65.7 Å². The Hall–Kier alpha value is -2.37. The predicted octanol–water partition coefficient (Wildman–Crippen LogP) is 3.31. The molecule has 5 heteroatoms. The van der Waals surface area contributed by atoms with E-state index in [-0.39, 0.29) is 0 Å². The smallest absolute Gasteiger partial charge is 0.191 e. The molecule has 152 valence electrons. The molecule has 3 N–H and O–H groups in total. The van der Waals surface area contributed by atoms with Gasteiger partial charge in [-0.2, -0.15) is 0 Å². The lowest BCUT2D eigenvalue weighted by Crippen LogP contribution is -2.38. The highest BCUT2D eigenvalue weighted by Crippen LogP contribution is 2.14. The molecule has 1 unspecified atom stereocenters. The highest BCUT2D eigenvalue weighted by molar-refractivity contribution is 5.79. The molecule has 0 amide bonds. The SMILES string of the molecule is CCNC(=NCCCOCCc1ccccc1)NCCC(O)c1ccccc1. The van der Waals surface area contributed by atoms with E-state index in [2.05, 4.69) is 39.9 Å². The summed E-state index contributed by atoms with van der Waals surface area (Å²) < 4.78 is 5.70. The highest BCUT2D eigenvalue weighted by atomic mass is 16.5. The van der Waals surface area contributed by atoms with Crippen LogP contribution in [0.25, 0.3) is 0 Å². The zero-order valence-electron chi connectivity index (χ0n) is 16.8. The Morgan fingerprint density at radius 3 is 2.43 bits per heavy atom. The summed E-state index contributed by atoms with van der Waals surface area (Å²) in [5.74, 6) is 0.784. The van der Waals surface area contributed by atoms with Crippen LogP contribution in [0.2, 0.25) is 0 Å². The summed E-state index contributed by atoms with van der Waals surface area (Å²) >= 11 is 0. The molecule has 0 spiro atoms. The Morgan fingerprint density at radius 1 is 1.00 bits per heavy atom. The molecule has 1 atom stereocenters. The van der Waals surface area contributed by atoms with Crippen molar-refractivity contribution in [2.45, 2.75) is 32.3 Å². The molecule has 0 saturated heterocycles. The first-order chi connectivity index (χ1) is 13.8. The van der Waals surface area contributed by atoms with Gasteiger partial charge in [0.15, 0.2) is 5.96 Å². The number of benzene rings is 2. The van der Waals surface area contributed by atoms with E-state index in [1.54, 1.807) is 0 Å². The summed E-state index contributed by atoms with van der Waals surface area (Å²) in [6.45, 7) is 5.67. The fourth-order valence-electron chi connectivity index (χ4n) is 2.81. The zero-order chi connectivity index (χ0) is 19.9. The van der Waals surface area contributed by atoms with Gasteiger partial charge in [0.2, 0.25) is 0 Å². The Bertz CT molecular complexity index is 662. The van der Waals surface area contributed by atoms with Gasteiger partial charge >= 0.3 is 0 Å². The number of aliphatic imine (C=N–C) groups is 1. The maximum Gasteiger partial charge on any atom is 0.191 e.